The van der Waals surface area contributed by atoms with E-state index in [1.54, 1.807) is 31.2 Å². The lowest BCUT2D eigenvalue weighted by Gasteiger charge is -2.15. The van der Waals surface area contributed by atoms with Gasteiger partial charge in [-0.05, 0) is 48.9 Å². The maximum atomic E-state index is 12.3. The van der Waals surface area contributed by atoms with Gasteiger partial charge in [0.05, 0.1) is 4.90 Å². The zero-order valence-electron chi connectivity index (χ0n) is 12.3. The first-order chi connectivity index (χ1) is 11.1. The summed E-state index contributed by atoms with van der Waals surface area (Å²) in [5.74, 6) is -0.484. The Morgan fingerprint density at radius 3 is 2.08 bits per heavy atom. The molecular formula is C15H13BrF3NO3S. The van der Waals surface area contributed by atoms with E-state index in [0.29, 0.717) is 0 Å². The molecule has 4 nitrogen and oxygen atoms in total. The summed E-state index contributed by atoms with van der Waals surface area (Å²) in [6.45, 7) is 1.67. The van der Waals surface area contributed by atoms with Crippen LogP contribution in [-0.4, -0.2) is 14.8 Å². The Morgan fingerprint density at radius 2 is 1.58 bits per heavy atom. The lowest BCUT2D eigenvalue weighted by atomic mass is 10.1. The molecule has 0 radical (unpaired) electrons. The van der Waals surface area contributed by atoms with Crippen molar-refractivity contribution < 1.29 is 26.3 Å². The summed E-state index contributed by atoms with van der Waals surface area (Å²) < 4.78 is 68.0. The quantitative estimate of drug-likeness (QED) is 0.775. The van der Waals surface area contributed by atoms with Gasteiger partial charge in [0.2, 0.25) is 10.0 Å². The van der Waals surface area contributed by atoms with Crippen LogP contribution in [0.1, 0.15) is 18.5 Å². The van der Waals surface area contributed by atoms with Crippen molar-refractivity contribution >= 4 is 26.0 Å². The minimum absolute atomic E-state index is 0.152. The van der Waals surface area contributed by atoms with Crippen molar-refractivity contribution in [2.45, 2.75) is 24.2 Å². The second-order valence-electron chi connectivity index (χ2n) is 4.91. The van der Waals surface area contributed by atoms with Crippen LogP contribution in [0.15, 0.2) is 57.9 Å². The summed E-state index contributed by atoms with van der Waals surface area (Å²) in [6.07, 6.45) is -4.82. The molecule has 1 N–H and O–H groups in total. The summed E-state index contributed by atoms with van der Waals surface area (Å²) in [4.78, 5) is -0.152. The van der Waals surface area contributed by atoms with Gasteiger partial charge >= 0.3 is 6.36 Å². The molecule has 24 heavy (non-hydrogen) atoms. The average Bonchev–Trinajstić information content (AvgIpc) is 2.46. The fourth-order valence-electron chi connectivity index (χ4n) is 1.94. The summed E-state index contributed by atoms with van der Waals surface area (Å²) in [6, 6.07) is 10.6. The third-order valence-corrected chi connectivity index (χ3v) is 5.15. The minimum atomic E-state index is -4.82. The lowest BCUT2D eigenvalue weighted by molar-refractivity contribution is -0.274. The molecule has 1 unspecified atom stereocenters. The zero-order chi connectivity index (χ0) is 18.0. The minimum Gasteiger partial charge on any atom is -0.406 e. The molecule has 0 aliphatic carbocycles. The SMILES string of the molecule is CC(NS(=O)(=O)c1ccc(OC(F)(F)F)cc1)c1ccc(Br)cc1. The van der Waals surface area contributed by atoms with Crippen molar-refractivity contribution in [2.24, 2.45) is 0 Å². The molecule has 1 atom stereocenters. The van der Waals surface area contributed by atoms with E-state index in [2.05, 4.69) is 25.4 Å². The van der Waals surface area contributed by atoms with E-state index in [1.165, 1.54) is 0 Å². The largest absolute Gasteiger partial charge is 0.573 e. The first-order valence-electron chi connectivity index (χ1n) is 6.70. The van der Waals surface area contributed by atoms with Gasteiger partial charge < -0.3 is 4.74 Å². The molecule has 0 aromatic heterocycles. The van der Waals surface area contributed by atoms with Gasteiger partial charge in [-0.25, -0.2) is 13.1 Å². The molecule has 0 heterocycles. The first kappa shape index (κ1) is 18.8. The van der Waals surface area contributed by atoms with Crippen LogP contribution in [0.5, 0.6) is 5.75 Å². The molecule has 2 aromatic rings. The van der Waals surface area contributed by atoms with E-state index in [4.69, 9.17) is 0 Å². The smallest absolute Gasteiger partial charge is 0.406 e. The highest BCUT2D eigenvalue weighted by Crippen LogP contribution is 2.25. The van der Waals surface area contributed by atoms with Crippen LogP contribution in [0.25, 0.3) is 0 Å². The number of hydrogen-bond donors (Lipinski definition) is 1. The molecule has 0 aliphatic rings. The van der Waals surface area contributed by atoms with Crippen LogP contribution in [0.4, 0.5) is 13.2 Å². The highest BCUT2D eigenvalue weighted by atomic mass is 79.9. The van der Waals surface area contributed by atoms with Crippen molar-refractivity contribution in [3.63, 3.8) is 0 Å². The second-order valence-corrected chi connectivity index (χ2v) is 7.54. The predicted molar refractivity (Wildman–Crippen MR) is 86.0 cm³/mol. The maximum Gasteiger partial charge on any atom is 0.573 e. The highest BCUT2D eigenvalue weighted by Gasteiger charge is 2.31. The van der Waals surface area contributed by atoms with Crippen LogP contribution in [0.2, 0.25) is 0 Å². The second kappa shape index (κ2) is 7.12. The predicted octanol–water partition coefficient (Wildman–Crippen LogP) is 4.39. The molecule has 0 spiro atoms. The van der Waals surface area contributed by atoms with E-state index in [-0.39, 0.29) is 4.90 Å². The molecule has 0 bridgehead atoms. The molecular weight excluding hydrogens is 411 g/mol. The van der Waals surface area contributed by atoms with Gasteiger partial charge in [0.1, 0.15) is 5.75 Å². The number of ether oxygens (including phenoxy) is 1. The summed E-state index contributed by atoms with van der Waals surface area (Å²) >= 11 is 3.29. The summed E-state index contributed by atoms with van der Waals surface area (Å²) in [7, 11) is -3.88. The monoisotopic (exact) mass is 423 g/mol. The van der Waals surface area contributed by atoms with E-state index < -0.39 is 28.2 Å². The van der Waals surface area contributed by atoms with Gasteiger partial charge in [0, 0.05) is 10.5 Å². The van der Waals surface area contributed by atoms with Gasteiger partial charge in [-0.3, -0.25) is 0 Å². The van der Waals surface area contributed by atoms with Crippen molar-refractivity contribution in [1.82, 2.24) is 4.72 Å². The van der Waals surface area contributed by atoms with E-state index in [1.807, 2.05) is 0 Å². The molecule has 130 valence electrons. The normalized spacial score (nSPS) is 13.5. The van der Waals surface area contributed by atoms with Gasteiger partial charge in [-0.2, -0.15) is 0 Å². The maximum absolute atomic E-state index is 12.3. The number of benzene rings is 2. The topological polar surface area (TPSA) is 55.4 Å². The van der Waals surface area contributed by atoms with Gasteiger partial charge in [-0.1, -0.05) is 28.1 Å². The first-order valence-corrected chi connectivity index (χ1v) is 8.98. The van der Waals surface area contributed by atoms with Crippen molar-refractivity contribution in [2.75, 3.05) is 0 Å². The Hall–Kier alpha value is -1.58. The van der Waals surface area contributed by atoms with Crippen LogP contribution in [-0.2, 0) is 10.0 Å². The van der Waals surface area contributed by atoms with Gasteiger partial charge in [-0.15, -0.1) is 13.2 Å². The Bertz CT molecular complexity index is 790. The number of nitrogens with one attached hydrogen (secondary N) is 1. The number of rotatable bonds is 5. The molecule has 0 amide bonds. The molecule has 0 saturated carbocycles. The lowest BCUT2D eigenvalue weighted by Crippen LogP contribution is -2.26. The fraction of sp³-hybridized carbons (Fsp3) is 0.200. The molecule has 2 aromatic carbocycles. The molecule has 0 aliphatic heterocycles. The van der Waals surface area contributed by atoms with Crippen LogP contribution >= 0.6 is 15.9 Å². The Morgan fingerprint density at radius 1 is 1.04 bits per heavy atom. The van der Waals surface area contributed by atoms with Crippen molar-refractivity contribution in [1.29, 1.82) is 0 Å². The molecule has 0 fully saturated rings. The van der Waals surface area contributed by atoms with Crippen LogP contribution < -0.4 is 9.46 Å². The standard InChI is InChI=1S/C15H13BrF3NO3S/c1-10(11-2-4-12(16)5-3-11)20-24(21,22)14-8-6-13(7-9-14)23-15(17,18)19/h2-10,20H,1H3. The number of sulfonamides is 1. The number of alkyl halides is 3. The third-order valence-electron chi connectivity index (χ3n) is 3.07. The number of halogens is 4. The summed E-state index contributed by atoms with van der Waals surface area (Å²) in [5.41, 5.74) is 0.749. The van der Waals surface area contributed by atoms with Gasteiger partial charge in [0.25, 0.3) is 0 Å². The molecule has 0 saturated heterocycles. The summed E-state index contributed by atoms with van der Waals surface area (Å²) in [5, 5.41) is 0. The number of hydrogen-bond acceptors (Lipinski definition) is 3. The Labute approximate surface area is 145 Å². The van der Waals surface area contributed by atoms with E-state index in [0.717, 1.165) is 34.3 Å². The fourth-order valence-corrected chi connectivity index (χ4v) is 3.44. The average molecular weight is 424 g/mol. The molecule has 9 heteroatoms. The van der Waals surface area contributed by atoms with Crippen molar-refractivity contribution in [3.8, 4) is 5.75 Å². The van der Waals surface area contributed by atoms with E-state index in [9.17, 15) is 21.6 Å². The van der Waals surface area contributed by atoms with Crippen LogP contribution in [0, 0.1) is 0 Å². The third kappa shape index (κ3) is 5.22. The Balaban J connectivity index is 2.13. The van der Waals surface area contributed by atoms with Crippen LogP contribution in [0.3, 0.4) is 0 Å². The van der Waals surface area contributed by atoms with Crippen molar-refractivity contribution in [3.05, 3.63) is 58.6 Å². The highest BCUT2D eigenvalue weighted by molar-refractivity contribution is 9.10. The van der Waals surface area contributed by atoms with Gasteiger partial charge in [0.15, 0.2) is 0 Å². The Kier molecular flexibility index (Phi) is 5.56. The zero-order valence-corrected chi connectivity index (χ0v) is 14.7. The molecule has 2 rings (SSSR count). The van der Waals surface area contributed by atoms with E-state index >= 15 is 0 Å².